The summed E-state index contributed by atoms with van der Waals surface area (Å²) in [5, 5.41) is 2.81. The third kappa shape index (κ3) is 6.61. The molecule has 1 rings (SSSR count). The molecule has 1 aromatic carbocycles. The first-order valence-corrected chi connectivity index (χ1v) is 7.38. The van der Waals surface area contributed by atoms with Crippen LogP contribution in [-0.2, 0) is 15.9 Å². The zero-order valence-corrected chi connectivity index (χ0v) is 13.9. The molecule has 122 valence electrons. The van der Waals surface area contributed by atoms with E-state index in [4.69, 9.17) is 4.74 Å². The van der Waals surface area contributed by atoms with Crippen LogP contribution >= 0.6 is 0 Å². The highest BCUT2D eigenvalue weighted by Gasteiger charge is 2.17. The summed E-state index contributed by atoms with van der Waals surface area (Å²) < 4.78 is 9.87. The maximum Gasteiger partial charge on any atom is 0.407 e. The number of esters is 1. The lowest BCUT2D eigenvalue weighted by Crippen LogP contribution is -2.37. The first-order valence-electron chi connectivity index (χ1n) is 7.38. The van der Waals surface area contributed by atoms with E-state index in [-0.39, 0.29) is 12.0 Å². The van der Waals surface area contributed by atoms with Gasteiger partial charge in [-0.2, -0.15) is 0 Å². The smallest absolute Gasteiger partial charge is 0.407 e. The summed E-state index contributed by atoms with van der Waals surface area (Å²) in [5.74, 6) is -0.341. The lowest BCUT2D eigenvalue weighted by atomic mass is 10.0. The second-order valence-electron chi connectivity index (χ2n) is 6.27. The largest absolute Gasteiger partial charge is 0.465 e. The highest BCUT2D eigenvalue weighted by molar-refractivity contribution is 5.89. The average Bonchev–Trinajstić information content (AvgIpc) is 2.42. The SMILES string of the molecule is COC(=O)c1ccc(CCC(C)NC(=O)OC(C)(C)C)cc1. The van der Waals surface area contributed by atoms with E-state index in [0.717, 1.165) is 18.4 Å². The van der Waals surface area contributed by atoms with E-state index < -0.39 is 11.7 Å². The number of alkyl carbamates (subject to hydrolysis) is 1. The summed E-state index contributed by atoms with van der Waals surface area (Å²) in [6.07, 6.45) is 1.19. The Hall–Kier alpha value is -2.04. The van der Waals surface area contributed by atoms with Gasteiger partial charge in [-0.25, -0.2) is 9.59 Å². The van der Waals surface area contributed by atoms with Gasteiger partial charge in [0.25, 0.3) is 0 Å². The lowest BCUT2D eigenvalue weighted by molar-refractivity contribution is 0.0505. The van der Waals surface area contributed by atoms with Crippen LogP contribution in [0.5, 0.6) is 0 Å². The molecule has 0 aliphatic carbocycles. The molecule has 0 saturated carbocycles. The third-order valence-corrected chi connectivity index (χ3v) is 3.00. The van der Waals surface area contributed by atoms with Crippen LogP contribution in [0.3, 0.4) is 0 Å². The minimum absolute atomic E-state index is 0.00938. The molecule has 0 bridgehead atoms. The fraction of sp³-hybridized carbons (Fsp3) is 0.529. The Balaban J connectivity index is 2.42. The molecule has 1 N–H and O–H groups in total. The molecule has 1 atom stereocenters. The fourth-order valence-corrected chi connectivity index (χ4v) is 1.89. The normalized spacial score (nSPS) is 12.4. The Morgan fingerprint density at radius 3 is 2.27 bits per heavy atom. The van der Waals surface area contributed by atoms with Crippen molar-refractivity contribution in [2.24, 2.45) is 0 Å². The molecule has 0 spiro atoms. The second-order valence-corrected chi connectivity index (χ2v) is 6.27. The first kappa shape index (κ1) is 18.0. The van der Waals surface area contributed by atoms with E-state index in [9.17, 15) is 9.59 Å². The average molecular weight is 307 g/mol. The molecule has 0 aromatic heterocycles. The van der Waals surface area contributed by atoms with Crippen LogP contribution in [0.1, 0.15) is 50.0 Å². The minimum atomic E-state index is -0.493. The monoisotopic (exact) mass is 307 g/mol. The molecule has 0 heterocycles. The zero-order chi connectivity index (χ0) is 16.8. The van der Waals surface area contributed by atoms with Crippen molar-refractivity contribution in [3.05, 3.63) is 35.4 Å². The number of rotatable bonds is 5. The molecule has 0 saturated heterocycles. The molecule has 1 amide bonds. The summed E-state index contributed by atoms with van der Waals surface area (Å²) in [6, 6.07) is 7.29. The van der Waals surface area contributed by atoms with Crippen LogP contribution in [0.25, 0.3) is 0 Å². The summed E-state index contributed by atoms with van der Waals surface area (Å²) in [4.78, 5) is 23.0. The van der Waals surface area contributed by atoms with Crippen LogP contribution in [0.4, 0.5) is 4.79 Å². The summed E-state index contributed by atoms with van der Waals surface area (Å²) in [6.45, 7) is 7.44. The van der Waals surface area contributed by atoms with Gasteiger partial charge in [-0.1, -0.05) is 12.1 Å². The number of amides is 1. The lowest BCUT2D eigenvalue weighted by Gasteiger charge is -2.22. The molecule has 0 radical (unpaired) electrons. The number of benzene rings is 1. The first-order chi connectivity index (χ1) is 10.2. The van der Waals surface area contributed by atoms with Gasteiger partial charge >= 0.3 is 12.1 Å². The van der Waals surface area contributed by atoms with E-state index in [1.165, 1.54) is 7.11 Å². The van der Waals surface area contributed by atoms with E-state index in [2.05, 4.69) is 10.1 Å². The predicted octanol–water partition coefficient (Wildman–Crippen LogP) is 3.32. The second kappa shape index (κ2) is 7.82. The van der Waals surface area contributed by atoms with Gasteiger partial charge in [0.2, 0.25) is 0 Å². The quantitative estimate of drug-likeness (QED) is 0.848. The molecular weight excluding hydrogens is 282 g/mol. The maximum atomic E-state index is 11.6. The Morgan fingerprint density at radius 2 is 1.77 bits per heavy atom. The summed E-state index contributed by atoms with van der Waals surface area (Å²) in [7, 11) is 1.36. The number of hydrogen-bond acceptors (Lipinski definition) is 4. The van der Waals surface area contributed by atoms with E-state index >= 15 is 0 Å². The van der Waals surface area contributed by atoms with E-state index in [0.29, 0.717) is 5.56 Å². The van der Waals surface area contributed by atoms with Gasteiger partial charge in [-0.3, -0.25) is 0 Å². The van der Waals surface area contributed by atoms with E-state index in [1.54, 1.807) is 12.1 Å². The molecule has 1 aromatic rings. The van der Waals surface area contributed by atoms with Crippen molar-refractivity contribution in [2.75, 3.05) is 7.11 Å². The van der Waals surface area contributed by atoms with E-state index in [1.807, 2.05) is 39.8 Å². The van der Waals surface area contributed by atoms with Crippen molar-refractivity contribution in [1.29, 1.82) is 0 Å². The van der Waals surface area contributed by atoms with Gasteiger partial charge in [0.15, 0.2) is 0 Å². The van der Waals surface area contributed by atoms with Crippen LogP contribution in [0.2, 0.25) is 0 Å². The van der Waals surface area contributed by atoms with Crippen molar-refractivity contribution < 1.29 is 19.1 Å². The highest BCUT2D eigenvalue weighted by Crippen LogP contribution is 2.10. The number of hydrogen-bond donors (Lipinski definition) is 1. The molecular formula is C17H25NO4. The molecule has 0 aliphatic rings. The number of ether oxygens (including phenoxy) is 2. The zero-order valence-electron chi connectivity index (χ0n) is 13.9. The van der Waals surface area contributed by atoms with Gasteiger partial charge in [0, 0.05) is 6.04 Å². The number of carbonyl (C=O) groups excluding carboxylic acids is 2. The third-order valence-electron chi connectivity index (χ3n) is 3.00. The van der Waals surface area contributed by atoms with Crippen molar-refractivity contribution in [3.8, 4) is 0 Å². The Bertz CT molecular complexity index is 502. The highest BCUT2D eigenvalue weighted by atomic mass is 16.6. The fourth-order valence-electron chi connectivity index (χ4n) is 1.89. The standard InChI is InChI=1S/C17H25NO4/c1-12(18-16(20)22-17(2,3)4)6-7-13-8-10-14(11-9-13)15(19)21-5/h8-12H,6-7H2,1-5H3,(H,18,20). The van der Waals surface area contributed by atoms with Gasteiger partial charge in [0.05, 0.1) is 12.7 Å². The Labute approximate surface area is 132 Å². The number of methoxy groups -OCH3 is 1. The van der Waals surface area contributed by atoms with Gasteiger partial charge in [-0.15, -0.1) is 0 Å². The summed E-state index contributed by atoms with van der Waals surface area (Å²) >= 11 is 0. The number of nitrogens with one attached hydrogen (secondary N) is 1. The Kier molecular flexibility index (Phi) is 6.40. The van der Waals surface area contributed by atoms with Gasteiger partial charge < -0.3 is 14.8 Å². The number of aryl methyl sites for hydroxylation is 1. The van der Waals surface area contributed by atoms with Crippen molar-refractivity contribution in [1.82, 2.24) is 5.32 Å². The van der Waals surface area contributed by atoms with Crippen molar-refractivity contribution in [2.45, 2.75) is 52.2 Å². The predicted molar refractivity (Wildman–Crippen MR) is 84.9 cm³/mol. The molecule has 0 aliphatic heterocycles. The minimum Gasteiger partial charge on any atom is -0.465 e. The molecule has 1 unspecified atom stereocenters. The molecule has 5 nitrogen and oxygen atoms in total. The molecule has 0 fully saturated rings. The van der Waals surface area contributed by atoms with Crippen LogP contribution < -0.4 is 5.32 Å². The van der Waals surface area contributed by atoms with Crippen LogP contribution in [-0.4, -0.2) is 30.8 Å². The number of carbonyl (C=O) groups is 2. The molecule has 5 heteroatoms. The van der Waals surface area contributed by atoms with Gasteiger partial charge in [0.1, 0.15) is 5.60 Å². The van der Waals surface area contributed by atoms with Crippen molar-refractivity contribution >= 4 is 12.1 Å². The topological polar surface area (TPSA) is 64.6 Å². The molecule has 22 heavy (non-hydrogen) atoms. The van der Waals surface area contributed by atoms with Crippen LogP contribution in [0.15, 0.2) is 24.3 Å². The van der Waals surface area contributed by atoms with Gasteiger partial charge in [-0.05, 0) is 58.2 Å². The van der Waals surface area contributed by atoms with Crippen LogP contribution in [0, 0.1) is 0 Å². The summed E-state index contributed by atoms with van der Waals surface area (Å²) in [5.41, 5.74) is 1.14. The van der Waals surface area contributed by atoms with Crippen molar-refractivity contribution in [3.63, 3.8) is 0 Å². The Morgan fingerprint density at radius 1 is 1.18 bits per heavy atom. The maximum absolute atomic E-state index is 11.6.